The van der Waals surface area contributed by atoms with E-state index in [9.17, 15) is 0 Å². The van der Waals surface area contributed by atoms with E-state index in [1.165, 1.54) is 12.0 Å². The molecule has 1 saturated heterocycles. The molecule has 0 saturated carbocycles. The first-order valence-electron chi connectivity index (χ1n) is 6.99. The maximum absolute atomic E-state index is 3.89. The van der Waals surface area contributed by atoms with Crippen molar-refractivity contribution in [3.63, 3.8) is 0 Å². The summed E-state index contributed by atoms with van der Waals surface area (Å²) in [5.41, 5.74) is 1.45. The first-order valence-corrected chi connectivity index (χ1v) is 7.78. The van der Waals surface area contributed by atoms with Crippen LogP contribution in [0.5, 0.6) is 0 Å². The Balaban J connectivity index is 2.20. The highest BCUT2D eigenvalue weighted by atomic mass is 79.9. The van der Waals surface area contributed by atoms with Gasteiger partial charge in [-0.25, -0.2) is 0 Å². The van der Waals surface area contributed by atoms with Crippen molar-refractivity contribution in [3.05, 3.63) is 47.0 Å². The van der Waals surface area contributed by atoms with E-state index in [4.69, 9.17) is 0 Å². The highest BCUT2D eigenvalue weighted by Gasteiger charge is 2.46. The average Bonchev–Trinajstić information content (AvgIpc) is 2.41. The van der Waals surface area contributed by atoms with E-state index in [0.29, 0.717) is 18.0 Å². The molecule has 1 aliphatic rings. The highest BCUT2D eigenvalue weighted by molar-refractivity contribution is 9.10. The second kappa shape index (κ2) is 6.69. The van der Waals surface area contributed by atoms with Crippen molar-refractivity contribution in [1.29, 1.82) is 0 Å². The Morgan fingerprint density at radius 3 is 2.53 bits per heavy atom. The number of benzene rings is 1. The predicted molar refractivity (Wildman–Crippen MR) is 85.6 cm³/mol. The van der Waals surface area contributed by atoms with Crippen LogP contribution in [0.2, 0.25) is 0 Å². The molecule has 19 heavy (non-hydrogen) atoms. The second-order valence-electron chi connectivity index (χ2n) is 5.16. The number of hydrogen-bond acceptors (Lipinski definition) is 2. The van der Waals surface area contributed by atoms with E-state index >= 15 is 0 Å². The first kappa shape index (κ1) is 14.8. The molecule has 0 bridgehead atoms. The van der Waals surface area contributed by atoms with E-state index < -0.39 is 0 Å². The summed E-state index contributed by atoms with van der Waals surface area (Å²) in [6.07, 6.45) is 3.21. The largest absolute Gasteiger partial charge is 0.318 e. The molecule has 1 N–H and O–H groups in total. The Morgan fingerprint density at radius 2 is 2.00 bits per heavy atom. The summed E-state index contributed by atoms with van der Waals surface area (Å²) in [6, 6.07) is 10.0. The Labute approximate surface area is 125 Å². The molecule has 0 aromatic heterocycles. The van der Waals surface area contributed by atoms with E-state index in [1.54, 1.807) is 0 Å². The van der Waals surface area contributed by atoms with Crippen LogP contribution < -0.4 is 5.32 Å². The molecule has 104 valence electrons. The molecule has 0 spiro atoms. The van der Waals surface area contributed by atoms with E-state index in [-0.39, 0.29) is 0 Å². The predicted octanol–water partition coefficient (Wildman–Crippen LogP) is 3.40. The maximum atomic E-state index is 3.89. The van der Waals surface area contributed by atoms with Crippen LogP contribution in [0, 0.1) is 0 Å². The molecule has 0 amide bonds. The molecule has 3 atom stereocenters. The highest BCUT2D eigenvalue weighted by Crippen LogP contribution is 2.42. The molecule has 2 rings (SSSR count). The number of nitrogens with one attached hydrogen (secondary N) is 1. The van der Waals surface area contributed by atoms with Crippen molar-refractivity contribution in [1.82, 2.24) is 10.2 Å². The molecule has 1 aromatic carbocycles. The van der Waals surface area contributed by atoms with Gasteiger partial charge in [0.1, 0.15) is 0 Å². The van der Waals surface area contributed by atoms with Crippen molar-refractivity contribution in [2.45, 2.75) is 31.3 Å². The molecule has 0 radical (unpaired) electrons. The standard InChI is InChI=1S/C16H23BrN2/c1-4-10-19-14(5-2)16(15(19)11-18-3)12-6-8-13(17)9-7-12/h4,6-9,14-16,18H,1,5,10-11H2,2-3H3/t14-,15?,16+/m1/s1. The van der Waals surface area contributed by atoms with Crippen molar-refractivity contribution in [3.8, 4) is 0 Å². The van der Waals surface area contributed by atoms with Gasteiger partial charge in [0.2, 0.25) is 0 Å². The molecule has 1 aliphatic heterocycles. The van der Waals surface area contributed by atoms with Gasteiger partial charge >= 0.3 is 0 Å². The lowest BCUT2D eigenvalue weighted by Crippen LogP contribution is -2.64. The Hall–Kier alpha value is -0.640. The zero-order chi connectivity index (χ0) is 13.8. The number of likely N-dealkylation sites (N-methyl/N-ethyl adjacent to an activating group) is 1. The summed E-state index contributed by atoms with van der Waals surface area (Å²) < 4.78 is 1.15. The number of nitrogens with zero attached hydrogens (tertiary/aromatic N) is 1. The summed E-state index contributed by atoms with van der Waals surface area (Å²) in [7, 11) is 2.03. The fourth-order valence-corrected chi connectivity index (χ4v) is 3.57. The quantitative estimate of drug-likeness (QED) is 0.807. The van der Waals surface area contributed by atoms with E-state index in [0.717, 1.165) is 17.6 Å². The third-order valence-corrected chi connectivity index (χ3v) is 4.64. The minimum Gasteiger partial charge on any atom is -0.318 e. The van der Waals surface area contributed by atoms with Crippen molar-refractivity contribution >= 4 is 15.9 Å². The van der Waals surface area contributed by atoms with Gasteiger partial charge in [0.15, 0.2) is 0 Å². The fraction of sp³-hybridized carbons (Fsp3) is 0.500. The molecule has 2 nitrogen and oxygen atoms in total. The fourth-order valence-electron chi connectivity index (χ4n) is 3.30. The lowest BCUT2D eigenvalue weighted by Gasteiger charge is -2.55. The topological polar surface area (TPSA) is 15.3 Å². The molecule has 3 heteroatoms. The minimum atomic E-state index is 0.578. The Bertz CT molecular complexity index is 415. The summed E-state index contributed by atoms with van der Waals surface area (Å²) in [5.74, 6) is 0.630. The van der Waals surface area contributed by atoms with Crippen LogP contribution >= 0.6 is 15.9 Å². The maximum Gasteiger partial charge on any atom is 0.0310 e. The second-order valence-corrected chi connectivity index (χ2v) is 6.08. The summed E-state index contributed by atoms with van der Waals surface area (Å²) in [6.45, 7) is 8.18. The van der Waals surface area contributed by atoms with Gasteiger partial charge in [-0.15, -0.1) is 6.58 Å². The van der Waals surface area contributed by atoms with Gasteiger partial charge in [0, 0.05) is 35.6 Å². The number of rotatable bonds is 6. The van der Waals surface area contributed by atoms with Crippen molar-refractivity contribution in [2.75, 3.05) is 20.1 Å². The third-order valence-electron chi connectivity index (χ3n) is 4.11. The van der Waals surface area contributed by atoms with Gasteiger partial charge < -0.3 is 5.32 Å². The molecular weight excluding hydrogens is 300 g/mol. The van der Waals surface area contributed by atoms with E-state index in [1.807, 2.05) is 13.1 Å². The molecule has 1 unspecified atom stereocenters. The lowest BCUT2D eigenvalue weighted by atomic mass is 9.73. The average molecular weight is 323 g/mol. The van der Waals surface area contributed by atoms with Crippen LogP contribution in [-0.4, -0.2) is 37.1 Å². The number of hydrogen-bond donors (Lipinski definition) is 1. The summed E-state index contributed by atoms with van der Waals surface area (Å²) in [5, 5.41) is 3.33. The van der Waals surface area contributed by atoms with Crippen molar-refractivity contribution in [2.24, 2.45) is 0 Å². The van der Waals surface area contributed by atoms with Gasteiger partial charge in [-0.3, -0.25) is 4.90 Å². The Morgan fingerprint density at radius 1 is 1.32 bits per heavy atom. The van der Waals surface area contributed by atoms with Crippen LogP contribution in [0.15, 0.2) is 41.4 Å². The SMILES string of the molecule is C=CCN1C(CNC)[C@@H](c2ccc(Br)cc2)[C@H]1CC. The van der Waals surface area contributed by atoms with Gasteiger partial charge in [0.05, 0.1) is 0 Å². The number of likely N-dealkylation sites (tertiary alicyclic amines) is 1. The first-order chi connectivity index (χ1) is 9.22. The Kier molecular flexibility index (Phi) is 5.20. The minimum absolute atomic E-state index is 0.578. The van der Waals surface area contributed by atoms with Gasteiger partial charge in [0.25, 0.3) is 0 Å². The van der Waals surface area contributed by atoms with Crippen LogP contribution in [0.25, 0.3) is 0 Å². The van der Waals surface area contributed by atoms with Crippen LogP contribution in [0.4, 0.5) is 0 Å². The zero-order valence-electron chi connectivity index (χ0n) is 11.8. The molecule has 1 heterocycles. The normalized spacial score (nSPS) is 27.0. The van der Waals surface area contributed by atoms with Gasteiger partial charge in [-0.1, -0.05) is 41.1 Å². The smallest absolute Gasteiger partial charge is 0.0310 e. The monoisotopic (exact) mass is 322 g/mol. The summed E-state index contributed by atoms with van der Waals surface area (Å²) >= 11 is 3.51. The summed E-state index contributed by atoms with van der Waals surface area (Å²) in [4.78, 5) is 2.57. The van der Waals surface area contributed by atoms with Crippen LogP contribution in [-0.2, 0) is 0 Å². The third kappa shape index (κ3) is 2.93. The van der Waals surface area contributed by atoms with Gasteiger partial charge in [-0.05, 0) is 31.2 Å². The molecule has 1 fully saturated rings. The van der Waals surface area contributed by atoms with Gasteiger partial charge in [-0.2, -0.15) is 0 Å². The molecule has 0 aliphatic carbocycles. The number of halogens is 1. The zero-order valence-corrected chi connectivity index (χ0v) is 13.4. The molecular formula is C16H23BrN2. The van der Waals surface area contributed by atoms with Crippen molar-refractivity contribution < 1.29 is 0 Å². The molecule has 1 aromatic rings. The van der Waals surface area contributed by atoms with Crippen LogP contribution in [0.1, 0.15) is 24.8 Å². The lowest BCUT2D eigenvalue weighted by molar-refractivity contribution is -0.00441. The van der Waals surface area contributed by atoms with E-state index in [2.05, 4.69) is 63.9 Å². The van der Waals surface area contributed by atoms with Crippen LogP contribution in [0.3, 0.4) is 0 Å².